The maximum absolute atomic E-state index is 12.7. The van der Waals surface area contributed by atoms with E-state index in [0.717, 1.165) is 4.68 Å². The molecule has 15 heavy (non-hydrogen) atoms. The second-order valence-corrected chi connectivity index (χ2v) is 4.70. The van der Waals surface area contributed by atoms with E-state index in [4.69, 9.17) is 11.6 Å². The summed E-state index contributed by atoms with van der Waals surface area (Å²) >= 11 is 5.61. The normalized spacial score (nSPS) is 13.3. The molecular formula is C9H12ClF3N2. The maximum Gasteiger partial charge on any atom is 0.433 e. The van der Waals surface area contributed by atoms with Crippen molar-refractivity contribution in [1.82, 2.24) is 9.78 Å². The van der Waals surface area contributed by atoms with Crippen molar-refractivity contribution in [1.29, 1.82) is 0 Å². The summed E-state index contributed by atoms with van der Waals surface area (Å²) in [5, 5.41) is 3.61. The third-order valence-corrected chi connectivity index (χ3v) is 2.33. The number of halogens is 4. The van der Waals surface area contributed by atoms with Crippen LogP contribution in [0.2, 0.25) is 5.15 Å². The molecule has 0 aliphatic carbocycles. The molecule has 0 aliphatic heterocycles. The first kappa shape index (κ1) is 12.4. The first-order valence-electron chi connectivity index (χ1n) is 4.38. The van der Waals surface area contributed by atoms with Crippen molar-refractivity contribution >= 4 is 11.6 Å². The van der Waals surface area contributed by atoms with Crippen LogP contribution >= 0.6 is 11.6 Å². The van der Waals surface area contributed by atoms with Crippen molar-refractivity contribution in [2.45, 2.75) is 39.4 Å². The Morgan fingerprint density at radius 3 is 1.93 bits per heavy atom. The molecule has 0 aromatic carbocycles. The molecule has 6 heteroatoms. The topological polar surface area (TPSA) is 17.8 Å². The number of nitrogens with zero attached hydrogens (tertiary/aromatic N) is 2. The Morgan fingerprint density at radius 1 is 1.20 bits per heavy atom. The maximum atomic E-state index is 12.7. The van der Waals surface area contributed by atoms with Crippen molar-refractivity contribution in [3.05, 3.63) is 16.4 Å². The molecule has 1 rings (SSSR count). The van der Waals surface area contributed by atoms with Gasteiger partial charge in [0, 0.05) is 5.56 Å². The molecule has 0 fully saturated rings. The fourth-order valence-corrected chi connectivity index (χ4v) is 1.45. The summed E-state index contributed by atoms with van der Waals surface area (Å²) in [6.07, 6.45) is -4.43. The molecule has 0 bridgehead atoms. The van der Waals surface area contributed by atoms with Crippen LogP contribution in [0.4, 0.5) is 13.2 Å². The lowest BCUT2D eigenvalue weighted by atomic mass is 10.1. The van der Waals surface area contributed by atoms with Crippen LogP contribution in [0.5, 0.6) is 0 Å². The highest BCUT2D eigenvalue weighted by atomic mass is 35.5. The van der Waals surface area contributed by atoms with E-state index in [1.54, 1.807) is 20.8 Å². The fourth-order valence-electron chi connectivity index (χ4n) is 1.29. The zero-order valence-electron chi connectivity index (χ0n) is 8.91. The number of hydrogen-bond donors (Lipinski definition) is 0. The second kappa shape index (κ2) is 3.40. The molecule has 2 nitrogen and oxygen atoms in total. The highest BCUT2D eigenvalue weighted by molar-refractivity contribution is 6.30. The van der Waals surface area contributed by atoms with Crippen LogP contribution in [0.3, 0.4) is 0 Å². The van der Waals surface area contributed by atoms with Gasteiger partial charge in [-0.1, -0.05) is 11.6 Å². The Labute approximate surface area is 91.0 Å². The molecule has 0 unspecified atom stereocenters. The molecule has 0 N–H and O–H groups in total. The highest BCUT2D eigenvalue weighted by Crippen LogP contribution is 2.37. The van der Waals surface area contributed by atoms with E-state index in [1.165, 1.54) is 6.92 Å². The molecule has 0 radical (unpaired) electrons. The summed E-state index contributed by atoms with van der Waals surface area (Å²) in [6.45, 7) is 6.25. The van der Waals surface area contributed by atoms with E-state index in [-0.39, 0.29) is 10.7 Å². The van der Waals surface area contributed by atoms with Gasteiger partial charge in [0.2, 0.25) is 0 Å². The standard InChI is InChI=1S/C9H12ClF3N2/c1-5-6(9(11,12)13)15(8(2,3)4)14-7(5)10/h1-4H3. The lowest BCUT2D eigenvalue weighted by molar-refractivity contribution is -0.146. The predicted molar refractivity (Wildman–Crippen MR) is 52.0 cm³/mol. The summed E-state index contributed by atoms with van der Waals surface area (Å²) in [5.74, 6) is 0. The number of hydrogen-bond acceptors (Lipinski definition) is 1. The Kier molecular flexibility index (Phi) is 2.80. The van der Waals surface area contributed by atoms with Gasteiger partial charge in [-0.25, -0.2) is 0 Å². The molecule has 86 valence electrons. The van der Waals surface area contributed by atoms with Gasteiger partial charge in [0.1, 0.15) is 5.69 Å². The summed E-state index contributed by atoms with van der Waals surface area (Å²) in [7, 11) is 0. The molecular weight excluding hydrogens is 229 g/mol. The molecule has 0 saturated heterocycles. The Hall–Kier alpha value is -0.710. The molecule has 0 amide bonds. The molecule has 0 aliphatic rings. The minimum atomic E-state index is -4.43. The monoisotopic (exact) mass is 240 g/mol. The molecule has 1 aromatic rings. The number of rotatable bonds is 0. The minimum absolute atomic E-state index is 0.0286. The van der Waals surface area contributed by atoms with Gasteiger partial charge in [0.15, 0.2) is 5.15 Å². The second-order valence-electron chi connectivity index (χ2n) is 4.34. The first-order valence-corrected chi connectivity index (χ1v) is 4.75. The van der Waals surface area contributed by atoms with Crippen LogP contribution in [0.15, 0.2) is 0 Å². The summed E-state index contributed by atoms with van der Waals surface area (Å²) in [4.78, 5) is 0. The van der Waals surface area contributed by atoms with Crippen LogP contribution in [0.1, 0.15) is 32.0 Å². The van der Waals surface area contributed by atoms with E-state index in [0.29, 0.717) is 0 Å². The SMILES string of the molecule is Cc1c(Cl)nn(C(C)(C)C)c1C(F)(F)F. The Morgan fingerprint density at radius 2 is 1.67 bits per heavy atom. The van der Waals surface area contributed by atoms with Gasteiger partial charge < -0.3 is 0 Å². The molecule has 1 heterocycles. The van der Waals surface area contributed by atoms with E-state index in [9.17, 15) is 13.2 Å². The van der Waals surface area contributed by atoms with Crippen LogP contribution in [-0.4, -0.2) is 9.78 Å². The van der Waals surface area contributed by atoms with Crippen molar-refractivity contribution < 1.29 is 13.2 Å². The van der Waals surface area contributed by atoms with Gasteiger partial charge in [-0.15, -0.1) is 0 Å². The first-order chi connectivity index (χ1) is 6.55. The largest absolute Gasteiger partial charge is 0.433 e. The minimum Gasteiger partial charge on any atom is -0.253 e. The fraction of sp³-hybridized carbons (Fsp3) is 0.667. The van der Waals surface area contributed by atoms with E-state index in [1.807, 2.05) is 0 Å². The lowest BCUT2D eigenvalue weighted by Crippen LogP contribution is -2.29. The van der Waals surface area contributed by atoms with Crippen LogP contribution < -0.4 is 0 Å². The van der Waals surface area contributed by atoms with E-state index < -0.39 is 17.4 Å². The molecule has 0 saturated carbocycles. The van der Waals surface area contributed by atoms with Crippen LogP contribution in [0, 0.1) is 6.92 Å². The Balaban J connectivity index is 3.48. The Bertz CT molecular complexity index is 374. The summed E-state index contributed by atoms with van der Waals surface area (Å²) in [5.41, 5.74) is -1.55. The zero-order valence-corrected chi connectivity index (χ0v) is 9.66. The van der Waals surface area contributed by atoms with E-state index in [2.05, 4.69) is 5.10 Å². The van der Waals surface area contributed by atoms with Gasteiger partial charge in [-0.3, -0.25) is 4.68 Å². The van der Waals surface area contributed by atoms with Gasteiger partial charge in [-0.05, 0) is 27.7 Å². The molecule has 0 spiro atoms. The third-order valence-electron chi connectivity index (χ3n) is 1.97. The van der Waals surface area contributed by atoms with Gasteiger partial charge in [-0.2, -0.15) is 18.3 Å². The van der Waals surface area contributed by atoms with Crippen LogP contribution in [-0.2, 0) is 11.7 Å². The average Bonchev–Trinajstić information content (AvgIpc) is 2.25. The predicted octanol–water partition coefficient (Wildman–Crippen LogP) is 3.62. The molecule has 1 aromatic heterocycles. The van der Waals surface area contributed by atoms with Crippen molar-refractivity contribution in [2.75, 3.05) is 0 Å². The van der Waals surface area contributed by atoms with Gasteiger partial charge in [0.25, 0.3) is 0 Å². The quantitative estimate of drug-likeness (QED) is 0.677. The van der Waals surface area contributed by atoms with Crippen LogP contribution in [0.25, 0.3) is 0 Å². The number of aromatic nitrogens is 2. The summed E-state index contributed by atoms with van der Waals surface area (Å²) in [6, 6.07) is 0. The van der Waals surface area contributed by atoms with Gasteiger partial charge in [0.05, 0.1) is 5.54 Å². The number of alkyl halides is 3. The van der Waals surface area contributed by atoms with Crippen molar-refractivity contribution in [2.24, 2.45) is 0 Å². The highest BCUT2D eigenvalue weighted by Gasteiger charge is 2.40. The van der Waals surface area contributed by atoms with Crippen molar-refractivity contribution in [3.8, 4) is 0 Å². The van der Waals surface area contributed by atoms with Crippen molar-refractivity contribution in [3.63, 3.8) is 0 Å². The smallest absolute Gasteiger partial charge is 0.253 e. The summed E-state index contributed by atoms with van der Waals surface area (Å²) < 4.78 is 39.1. The average molecular weight is 241 g/mol. The lowest BCUT2D eigenvalue weighted by Gasteiger charge is -2.23. The zero-order chi connectivity index (χ0) is 12.0. The molecule has 0 atom stereocenters. The van der Waals surface area contributed by atoms with Gasteiger partial charge >= 0.3 is 6.18 Å². The van der Waals surface area contributed by atoms with E-state index >= 15 is 0 Å². The third kappa shape index (κ3) is 2.27.